The van der Waals surface area contributed by atoms with E-state index in [1.165, 1.54) is 12.1 Å². The van der Waals surface area contributed by atoms with Gasteiger partial charge in [0.25, 0.3) is 0 Å². The summed E-state index contributed by atoms with van der Waals surface area (Å²) in [7, 11) is 1.59. The molecular weight excluding hydrogens is 289 g/mol. The van der Waals surface area contributed by atoms with Crippen LogP contribution in [0.15, 0.2) is 42.5 Å². The first kappa shape index (κ1) is 15.8. The van der Waals surface area contributed by atoms with Gasteiger partial charge in [0.05, 0.1) is 18.2 Å². The molecule has 0 heterocycles. The summed E-state index contributed by atoms with van der Waals surface area (Å²) in [5.74, 6) is 0.404. The van der Waals surface area contributed by atoms with Crippen LogP contribution in [0, 0.1) is 5.82 Å². The Bertz CT molecular complexity index is 586. The molecule has 112 valence electrons. The highest BCUT2D eigenvalue weighted by molar-refractivity contribution is 6.32. The highest BCUT2D eigenvalue weighted by atomic mass is 35.5. The zero-order valence-electron chi connectivity index (χ0n) is 12.2. The lowest BCUT2D eigenvalue weighted by molar-refractivity contribution is 0.414. The molecule has 2 aromatic carbocycles. The van der Waals surface area contributed by atoms with E-state index in [9.17, 15) is 4.39 Å². The van der Waals surface area contributed by atoms with Crippen LogP contribution in [0.5, 0.6) is 5.75 Å². The van der Waals surface area contributed by atoms with Gasteiger partial charge in [-0.25, -0.2) is 4.39 Å². The van der Waals surface area contributed by atoms with Crippen LogP contribution in [-0.2, 0) is 0 Å². The summed E-state index contributed by atoms with van der Waals surface area (Å²) >= 11 is 6.08. The Labute approximate surface area is 129 Å². The maximum absolute atomic E-state index is 13.1. The largest absolute Gasteiger partial charge is 0.495 e. The van der Waals surface area contributed by atoms with Crippen molar-refractivity contribution in [2.24, 2.45) is 0 Å². The van der Waals surface area contributed by atoms with Crippen molar-refractivity contribution in [2.45, 2.75) is 19.4 Å². The molecule has 0 aliphatic carbocycles. The van der Waals surface area contributed by atoms with Crippen molar-refractivity contribution in [3.63, 3.8) is 0 Å². The molecule has 2 rings (SSSR count). The van der Waals surface area contributed by atoms with E-state index in [1.807, 2.05) is 18.2 Å². The van der Waals surface area contributed by atoms with Crippen molar-refractivity contribution < 1.29 is 9.13 Å². The van der Waals surface area contributed by atoms with Crippen LogP contribution in [0.1, 0.15) is 30.5 Å². The topological polar surface area (TPSA) is 21.3 Å². The maximum Gasteiger partial charge on any atom is 0.137 e. The van der Waals surface area contributed by atoms with Crippen LogP contribution in [0.2, 0.25) is 5.02 Å². The summed E-state index contributed by atoms with van der Waals surface area (Å²) < 4.78 is 18.4. The van der Waals surface area contributed by atoms with Crippen LogP contribution >= 0.6 is 11.6 Å². The normalized spacial score (nSPS) is 12.2. The van der Waals surface area contributed by atoms with Gasteiger partial charge in [-0.15, -0.1) is 0 Å². The van der Waals surface area contributed by atoms with Crippen LogP contribution in [-0.4, -0.2) is 13.7 Å². The lowest BCUT2D eigenvalue weighted by Crippen LogP contribution is -2.23. The van der Waals surface area contributed by atoms with Gasteiger partial charge in [0.2, 0.25) is 0 Å². The molecule has 21 heavy (non-hydrogen) atoms. The third-order valence-corrected chi connectivity index (χ3v) is 3.62. The zero-order chi connectivity index (χ0) is 15.2. The molecule has 2 nitrogen and oxygen atoms in total. The van der Waals surface area contributed by atoms with E-state index in [1.54, 1.807) is 19.2 Å². The SMILES string of the molecule is CCCNC(c1ccc(F)cc1)c1ccc(Cl)c(OC)c1. The highest BCUT2D eigenvalue weighted by Gasteiger charge is 2.15. The van der Waals surface area contributed by atoms with Gasteiger partial charge < -0.3 is 10.1 Å². The number of methoxy groups -OCH3 is 1. The quantitative estimate of drug-likeness (QED) is 0.843. The fourth-order valence-corrected chi connectivity index (χ4v) is 2.42. The summed E-state index contributed by atoms with van der Waals surface area (Å²) in [6, 6.07) is 12.2. The fourth-order valence-electron chi connectivity index (χ4n) is 2.23. The molecule has 0 spiro atoms. The number of hydrogen-bond acceptors (Lipinski definition) is 2. The lowest BCUT2D eigenvalue weighted by Gasteiger charge is -2.20. The van der Waals surface area contributed by atoms with E-state index in [-0.39, 0.29) is 11.9 Å². The number of halogens is 2. The number of ether oxygens (including phenoxy) is 1. The van der Waals surface area contributed by atoms with Crippen LogP contribution < -0.4 is 10.1 Å². The smallest absolute Gasteiger partial charge is 0.137 e. The van der Waals surface area contributed by atoms with Crippen LogP contribution in [0.25, 0.3) is 0 Å². The zero-order valence-corrected chi connectivity index (χ0v) is 13.0. The molecule has 0 saturated carbocycles. The summed E-state index contributed by atoms with van der Waals surface area (Å²) in [6.45, 7) is 2.98. The molecule has 0 amide bonds. The number of rotatable bonds is 6. The molecule has 1 unspecified atom stereocenters. The van der Waals surface area contributed by atoms with Gasteiger partial charge in [-0.05, 0) is 48.4 Å². The van der Waals surface area contributed by atoms with Gasteiger partial charge in [-0.1, -0.05) is 36.7 Å². The van der Waals surface area contributed by atoms with E-state index in [0.29, 0.717) is 10.8 Å². The summed E-state index contributed by atoms with van der Waals surface area (Å²) in [5, 5.41) is 4.05. The molecule has 0 aliphatic heterocycles. The van der Waals surface area contributed by atoms with Gasteiger partial charge in [0.1, 0.15) is 11.6 Å². The van der Waals surface area contributed by atoms with Gasteiger partial charge in [-0.2, -0.15) is 0 Å². The first-order valence-corrected chi connectivity index (χ1v) is 7.35. The predicted octanol–water partition coefficient (Wildman–Crippen LogP) is 4.58. The van der Waals surface area contributed by atoms with Crippen LogP contribution in [0.4, 0.5) is 4.39 Å². The molecule has 0 aromatic heterocycles. The van der Waals surface area contributed by atoms with Crippen molar-refractivity contribution in [3.8, 4) is 5.75 Å². The van der Waals surface area contributed by atoms with E-state index in [0.717, 1.165) is 24.1 Å². The molecule has 1 N–H and O–H groups in total. The predicted molar refractivity (Wildman–Crippen MR) is 84.5 cm³/mol. The Morgan fingerprint density at radius 1 is 1.14 bits per heavy atom. The minimum Gasteiger partial charge on any atom is -0.495 e. The Balaban J connectivity index is 2.37. The fraction of sp³-hybridized carbons (Fsp3) is 0.294. The third-order valence-electron chi connectivity index (χ3n) is 3.31. The second kappa shape index (κ2) is 7.43. The molecular formula is C17H19ClFNO. The van der Waals surface area contributed by atoms with Gasteiger partial charge in [-0.3, -0.25) is 0 Å². The average molecular weight is 308 g/mol. The minimum atomic E-state index is -0.235. The van der Waals surface area contributed by atoms with E-state index in [2.05, 4.69) is 12.2 Å². The molecule has 0 fully saturated rings. The Morgan fingerprint density at radius 3 is 2.43 bits per heavy atom. The molecule has 0 radical (unpaired) electrons. The number of nitrogens with one attached hydrogen (secondary N) is 1. The first-order chi connectivity index (χ1) is 10.2. The summed E-state index contributed by atoms with van der Waals surface area (Å²) in [6.07, 6.45) is 1.02. The second-order valence-electron chi connectivity index (χ2n) is 4.83. The van der Waals surface area contributed by atoms with Gasteiger partial charge in [0, 0.05) is 0 Å². The summed E-state index contributed by atoms with van der Waals surface area (Å²) in [4.78, 5) is 0. The summed E-state index contributed by atoms with van der Waals surface area (Å²) in [5.41, 5.74) is 2.05. The lowest BCUT2D eigenvalue weighted by atomic mass is 9.98. The highest BCUT2D eigenvalue weighted by Crippen LogP contribution is 2.30. The minimum absolute atomic E-state index is 0.0169. The van der Waals surface area contributed by atoms with Crippen molar-refractivity contribution >= 4 is 11.6 Å². The van der Waals surface area contributed by atoms with Crippen molar-refractivity contribution in [1.82, 2.24) is 5.32 Å². The second-order valence-corrected chi connectivity index (χ2v) is 5.24. The first-order valence-electron chi connectivity index (χ1n) is 6.98. The van der Waals surface area contributed by atoms with Crippen molar-refractivity contribution in [3.05, 3.63) is 64.4 Å². The van der Waals surface area contributed by atoms with E-state index < -0.39 is 0 Å². The monoisotopic (exact) mass is 307 g/mol. The van der Waals surface area contributed by atoms with Crippen molar-refractivity contribution in [1.29, 1.82) is 0 Å². The van der Waals surface area contributed by atoms with E-state index in [4.69, 9.17) is 16.3 Å². The molecule has 2 aromatic rings. The van der Waals surface area contributed by atoms with Crippen LogP contribution in [0.3, 0.4) is 0 Å². The van der Waals surface area contributed by atoms with E-state index >= 15 is 0 Å². The molecule has 0 aliphatic rings. The van der Waals surface area contributed by atoms with Crippen molar-refractivity contribution in [2.75, 3.05) is 13.7 Å². The molecule has 4 heteroatoms. The Kier molecular flexibility index (Phi) is 5.59. The Hall–Kier alpha value is -1.58. The van der Waals surface area contributed by atoms with Gasteiger partial charge in [0.15, 0.2) is 0 Å². The molecule has 1 atom stereocenters. The standard InChI is InChI=1S/C17H19ClFNO/c1-3-10-20-17(12-4-7-14(19)8-5-12)13-6-9-15(18)16(11-13)21-2/h4-9,11,17,20H,3,10H2,1-2H3. The van der Waals surface area contributed by atoms with Gasteiger partial charge >= 0.3 is 0 Å². The number of benzene rings is 2. The maximum atomic E-state index is 13.1. The molecule has 0 bridgehead atoms. The molecule has 0 saturated heterocycles. The Morgan fingerprint density at radius 2 is 1.81 bits per heavy atom. The third kappa shape index (κ3) is 3.96. The average Bonchev–Trinajstić information content (AvgIpc) is 2.50. The number of hydrogen-bond donors (Lipinski definition) is 1.